The van der Waals surface area contributed by atoms with E-state index < -0.39 is 0 Å². The van der Waals surface area contributed by atoms with Crippen LogP contribution in [-0.4, -0.2) is 32.3 Å². The minimum atomic E-state index is -0.172. The highest BCUT2D eigenvalue weighted by Crippen LogP contribution is 2.21. The van der Waals surface area contributed by atoms with Crippen LogP contribution in [0.15, 0.2) is 18.2 Å². The molecule has 1 heterocycles. The lowest BCUT2D eigenvalue weighted by atomic mass is 10.1. The van der Waals surface area contributed by atoms with E-state index in [0.717, 1.165) is 19.4 Å². The van der Waals surface area contributed by atoms with Crippen LogP contribution in [0.5, 0.6) is 5.75 Å². The van der Waals surface area contributed by atoms with Gasteiger partial charge in [0.25, 0.3) is 5.91 Å². The van der Waals surface area contributed by atoms with E-state index in [1.54, 1.807) is 18.2 Å². The fraction of sp³-hybridized carbons (Fsp3) is 0.462. The van der Waals surface area contributed by atoms with Crippen molar-refractivity contribution in [2.75, 3.05) is 26.1 Å². The zero-order valence-electron chi connectivity index (χ0n) is 10.4. The van der Waals surface area contributed by atoms with Crippen molar-refractivity contribution < 1.29 is 14.3 Å². The number of hydrogen-bond acceptors (Lipinski definition) is 4. The maximum absolute atomic E-state index is 12.1. The van der Waals surface area contributed by atoms with Crippen LogP contribution in [0.1, 0.15) is 23.2 Å². The summed E-state index contributed by atoms with van der Waals surface area (Å²) in [5, 5.41) is 2.94. The van der Waals surface area contributed by atoms with E-state index in [1.807, 2.05) is 0 Å². The van der Waals surface area contributed by atoms with Gasteiger partial charge in [-0.1, -0.05) is 0 Å². The van der Waals surface area contributed by atoms with E-state index in [9.17, 15) is 4.79 Å². The average molecular weight is 250 g/mol. The highest BCUT2D eigenvalue weighted by molar-refractivity contribution is 5.98. The van der Waals surface area contributed by atoms with Crippen LogP contribution in [0.25, 0.3) is 0 Å². The third-order valence-electron chi connectivity index (χ3n) is 2.96. The summed E-state index contributed by atoms with van der Waals surface area (Å²) >= 11 is 0. The molecule has 0 saturated carbocycles. The molecular weight excluding hydrogens is 232 g/mol. The third-order valence-corrected chi connectivity index (χ3v) is 2.96. The van der Waals surface area contributed by atoms with Gasteiger partial charge in [0.1, 0.15) is 5.75 Å². The second-order valence-electron chi connectivity index (χ2n) is 4.35. The summed E-state index contributed by atoms with van der Waals surface area (Å²) in [7, 11) is 1.53. The molecule has 1 unspecified atom stereocenters. The van der Waals surface area contributed by atoms with E-state index in [4.69, 9.17) is 15.2 Å². The number of nitrogens with two attached hydrogens (primary N) is 1. The molecule has 1 aromatic carbocycles. The second-order valence-corrected chi connectivity index (χ2v) is 4.35. The van der Waals surface area contributed by atoms with Gasteiger partial charge in [-0.25, -0.2) is 0 Å². The van der Waals surface area contributed by atoms with Crippen molar-refractivity contribution in [3.05, 3.63) is 23.8 Å². The normalized spacial score (nSPS) is 19.3. The lowest BCUT2D eigenvalue weighted by molar-refractivity contribution is 0.0623. The van der Waals surface area contributed by atoms with E-state index >= 15 is 0 Å². The van der Waals surface area contributed by atoms with Gasteiger partial charge in [0.15, 0.2) is 0 Å². The summed E-state index contributed by atoms with van der Waals surface area (Å²) in [6, 6.07) is 5.09. The first kappa shape index (κ1) is 12.7. The number of amides is 1. The molecule has 0 aromatic heterocycles. The smallest absolute Gasteiger partial charge is 0.255 e. The van der Waals surface area contributed by atoms with E-state index in [2.05, 4.69) is 5.32 Å². The molecule has 0 aliphatic carbocycles. The van der Waals surface area contributed by atoms with Crippen molar-refractivity contribution in [1.82, 2.24) is 5.32 Å². The number of rotatable bonds is 3. The number of ether oxygens (including phenoxy) is 2. The maximum Gasteiger partial charge on any atom is 0.255 e. The first-order valence-corrected chi connectivity index (χ1v) is 6.03. The van der Waals surface area contributed by atoms with Crippen molar-refractivity contribution >= 4 is 11.6 Å². The zero-order valence-corrected chi connectivity index (χ0v) is 10.4. The number of methoxy groups -OCH3 is 1. The van der Waals surface area contributed by atoms with Gasteiger partial charge in [-0.15, -0.1) is 0 Å². The van der Waals surface area contributed by atoms with Crippen LogP contribution in [0.4, 0.5) is 5.69 Å². The van der Waals surface area contributed by atoms with Gasteiger partial charge in [0.05, 0.1) is 25.3 Å². The topological polar surface area (TPSA) is 73.6 Å². The predicted octanol–water partition coefficient (Wildman–Crippen LogP) is 1.19. The summed E-state index contributed by atoms with van der Waals surface area (Å²) in [5.41, 5.74) is 6.70. The molecule has 1 aliphatic rings. The summed E-state index contributed by atoms with van der Waals surface area (Å²) in [4.78, 5) is 12.1. The first-order chi connectivity index (χ1) is 8.70. The standard InChI is InChI=1S/C13H18N2O3/c1-17-12-5-4-9(14)7-11(12)13(16)15-10-3-2-6-18-8-10/h4-5,7,10H,2-3,6,8,14H2,1H3,(H,15,16). The Bertz CT molecular complexity index is 428. The lowest BCUT2D eigenvalue weighted by Crippen LogP contribution is -2.40. The highest BCUT2D eigenvalue weighted by Gasteiger charge is 2.19. The largest absolute Gasteiger partial charge is 0.496 e. The number of anilines is 1. The summed E-state index contributed by atoms with van der Waals surface area (Å²) in [5.74, 6) is 0.355. The van der Waals surface area contributed by atoms with Gasteiger partial charge in [0, 0.05) is 12.3 Å². The van der Waals surface area contributed by atoms with Crippen molar-refractivity contribution in [2.24, 2.45) is 0 Å². The van der Waals surface area contributed by atoms with Crippen LogP contribution < -0.4 is 15.8 Å². The molecule has 1 amide bonds. The Labute approximate surface area is 106 Å². The molecule has 1 fully saturated rings. The first-order valence-electron chi connectivity index (χ1n) is 6.03. The highest BCUT2D eigenvalue weighted by atomic mass is 16.5. The van der Waals surface area contributed by atoms with Crippen LogP contribution in [-0.2, 0) is 4.74 Å². The molecule has 5 heteroatoms. The maximum atomic E-state index is 12.1. The molecule has 2 rings (SSSR count). The Balaban J connectivity index is 2.09. The molecule has 0 spiro atoms. The molecule has 5 nitrogen and oxygen atoms in total. The third kappa shape index (κ3) is 2.92. The van der Waals surface area contributed by atoms with Crippen LogP contribution >= 0.6 is 0 Å². The Morgan fingerprint density at radius 1 is 1.56 bits per heavy atom. The van der Waals surface area contributed by atoms with Gasteiger partial charge >= 0.3 is 0 Å². The fourth-order valence-corrected chi connectivity index (χ4v) is 2.02. The fourth-order valence-electron chi connectivity index (χ4n) is 2.02. The van der Waals surface area contributed by atoms with Gasteiger partial charge in [-0.3, -0.25) is 4.79 Å². The molecule has 0 bridgehead atoms. The molecule has 98 valence electrons. The molecule has 1 saturated heterocycles. The predicted molar refractivity (Wildman–Crippen MR) is 68.7 cm³/mol. The number of benzene rings is 1. The summed E-state index contributed by atoms with van der Waals surface area (Å²) < 4.78 is 10.5. The van der Waals surface area contributed by atoms with Crippen LogP contribution in [0.2, 0.25) is 0 Å². The number of carbonyl (C=O) groups is 1. The van der Waals surface area contributed by atoms with Crippen molar-refractivity contribution in [1.29, 1.82) is 0 Å². The van der Waals surface area contributed by atoms with E-state index in [1.165, 1.54) is 7.11 Å². The lowest BCUT2D eigenvalue weighted by Gasteiger charge is -2.23. The minimum absolute atomic E-state index is 0.0670. The van der Waals surface area contributed by atoms with Crippen molar-refractivity contribution in [3.63, 3.8) is 0 Å². The molecular formula is C13H18N2O3. The van der Waals surface area contributed by atoms with Crippen molar-refractivity contribution in [3.8, 4) is 5.75 Å². The molecule has 1 aliphatic heterocycles. The molecule has 18 heavy (non-hydrogen) atoms. The molecule has 3 N–H and O–H groups in total. The van der Waals surface area contributed by atoms with Gasteiger partial charge in [-0.05, 0) is 31.0 Å². The Kier molecular flexibility index (Phi) is 4.04. The number of nitrogens with one attached hydrogen (secondary N) is 1. The van der Waals surface area contributed by atoms with Gasteiger partial charge < -0.3 is 20.5 Å². The summed E-state index contributed by atoms with van der Waals surface area (Å²) in [6.45, 7) is 1.34. The monoisotopic (exact) mass is 250 g/mol. The van der Waals surface area contributed by atoms with Gasteiger partial charge in [0.2, 0.25) is 0 Å². The summed E-state index contributed by atoms with van der Waals surface area (Å²) in [6.07, 6.45) is 1.91. The second kappa shape index (κ2) is 5.73. The number of hydrogen-bond donors (Lipinski definition) is 2. The Hall–Kier alpha value is -1.75. The van der Waals surface area contributed by atoms with Crippen LogP contribution in [0.3, 0.4) is 0 Å². The molecule has 0 radical (unpaired) electrons. The zero-order chi connectivity index (χ0) is 13.0. The van der Waals surface area contributed by atoms with E-state index in [-0.39, 0.29) is 11.9 Å². The van der Waals surface area contributed by atoms with Crippen molar-refractivity contribution in [2.45, 2.75) is 18.9 Å². The minimum Gasteiger partial charge on any atom is -0.496 e. The van der Waals surface area contributed by atoms with Crippen LogP contribution in [0, 0.1) is 0 Å². The number of nitrogen functional groups attached to an aromatic ring is 1. The SMILES string of the molecule is COc1ccc(N)cc1C(=O)NC1CCCOC1. The van der Waals surface area contributed by atoms with E-state index in [0.29, 0.717) is 23.6 Å². The molecule has 1 atom stereocenters. The molecule has 1 aromatic rings. The Morgan fingerprint density at radius 2 is 2.39 bits per heavy atom. The number of carbonyl (C=O) groups excluding carboxylic acids is 1. The average Bonchev–Trinajstić information content (AvgIpc) is 2.40. The Morgan fingerprint density at radius 3 is 3.06 bits per heavy atom. The van der Waals surface area contributed by atoms with Gasteiger partial charge in [-0.2, -0.15) is 0 Å². The quantitative estimate of drug-likeness (QED) is 0.790.